The van der Waals surface area contributed by atoms with Crippen LogP contribution in [0, 0.1) is 11.3 Å². The van der Waals surface area contributed by atoms with Crippen molar-refractivity contribution in [1.29, 1.82) is 5.26 Å². The third-order valence-corrected chi connectivity index (χ3v) is 4.69. The van der Waals surface area contributed by atoms with Crippen LogP contribution < -0.4 is 5.32 Å². The molecule has 5 nitrogen and oxygen atoms in total. The summed E-state index contributed by atoms with van der Waals surface area (Å²) in [6.07, 6.45) is 1.37. The summed E-state index contributed by atoms with van der Waals surface area (Å²) in [5.41, 5.74) is -0.506. The van der Waals surface area contributed by atoms with Crippen LogP contribution in [0.5, 0.6) is 0 Å². The van der Waals surface area contributed by atoms with Gasteiger partial charge in [0.2, 0.25) is 0 Å². The zero-order valence-corrected chi connectivity index (χ0v) is 13.0. The fraction of sp³-hybridized carbons (Fsp3) is 0.200. The third kappa shape index (κ3) is 3.21. The molecule has 2 aromatic rings. The minimum atomic E-state index is -0.705. The minimum Gasteiger partial charge on any atom is -0.332 e. The summed E-state index contributed by atoms with van der Waals surface area (Å²) in [6, 6.07) is 12.8. The van der Waals surface area contributed by atoms with Crippen molar-refractivity contribution in [3.8, 4) is 6.07 Å². The number of carbonyl (C=O) groups is 1. The number of hydrogen-bond donors (Lipinski definition) is 1. The second-order valence-corrected chi connectivity index (χ2v) is 6.41. The zero-order chi connectivity index (χ0) is 15.6. The molecule has 22 heavy (non-hydrogen) atoms. The number of hydrogen-bond acceptors (Lipinski definition) is 5. The highest BCUT2D eigenvalue weighted by Crippen LogP contribution is 2.34. The van der Waals surface area contributed by atoms with Crippen molar-refractivity contribution in [1.82, 2.24) is 15.5 Å². The summed E-state index contributed by atoms with van der Waals surface area (Å²) in [7, 11) is 0. The van der Waals surface area contributed by atoms with Crippen LogP contribution >= 0.6 is 23.4 Å². The van der Waals surface area contributed by atoms with Crippen molar-refractivity contribution in [2.45, 2.75) is 28.3 Å². The maximum absolute atomic E-state index is 12.0. The molecule has 1 heterocycles. The number of amides is 1. The van der Waals surface area contributed by atoms with Crippen molar-refractivity contribution in [2.75, 3.05) is 0 Å². The lowest BCUT2D eigenvalue weighted by Gasteiger charge is -2.08. The zero-order valence-electron chi connectivity index (χ0n) is 11.4. The van der Waals surface area contributed by atoms with Crippen molar-refractivity contribution in [3.63, 3.8) is 0 Å². The molecule has 3 rings (SSSR count). The van der Waals surface area contributed by atoms with E-state index < -0.39 is 5.54 Å². The van der Waals surface area contributed by atoms with Gasteiger partial charge >= 0.3 is 0 Å². The number of benzene rings is 1. The highest BCUT2D eigenvalue weighted by atomic mass is 35.5. The van der Waals surface area contributed by atoms with Crippen LogP contribution in [0.2, 0.25) is 5.02 Å². The van der Waals surface area contributed by atoms with Crippen LogP contribution in [0.15, 0.2) is 46.3 Å². The molecule has 0 spiro atoms. The third-order valence-electron chi connectivity index (χ3n) is 3.24. The molecule has 1 fully saturated rings. The van der Waals surface area contributed by atoms with Gasteiger partial charge < -0.3 is 5.32 Å². The van der Waals surface area contributed by atoms with Crippen LogP contribution in [-0.2, 0) is 0 Å². The first-order valence-corrected chi connectivity index (χ1v) is 7.81. The first kappa shape index (κ1) is 14.8. The molecule has 0 bridgehead atoms. The highest BCUT2D eigenvalue weighted by molar-refractivity contribution is 7.99. The molecular weight excluding hydrogens is 320 g/mol. The molecule has 1 aromatic heterocycles. The number of nitrogens with zero attached hydrogens (tertiary/aromatic N) is 3. The van der Waals surface area contributed by atoms with Crippen LogP contribution in [0.25, 0.3) is 0 Å². The molecule has 0 atom stereocenters. The molecule has 1 N–H and O–H groups in total. The van der Waals surface area contributed by atoms with Gasteiger partial charge in [0.15, 0.2) is 5.69 Å². The minimum absolute atomic E-state index is 0.199. The van der Waals surface area contributed by atoms with Crippen LogP contribution in [0.1, 0.15) is 23.3 Å². The summed E-state index contributed by atoms with van der Waals surface area (Å²) in [5, 5.41) is 20.9. The Morgan fingerprint density at radius 2 is 2.05 bits per heavy atom. The van der Waals surface area contributed by atoms with Gasteiger partial charge in [-0.25, -0.2) is 0 Å². The largest absolute Gasteiger partial charge is 0.332 e. The van der Waals surface area contributed by atoms with Gasteiger partial charge in [-0.15, -0.1) is 10.2 Å². The molecule has 0 radical (unpaired) electrons. The van der Waals surface area contributed by atoms with Crippen molar-refractivity contribution >= 4 is 29.3 Å². The standard InChI is InChI=1S/C15H11ClN4OS/c16-10-3-1-2-4-12(10)22-13-6-5-11(19-20-13)14(21)18-15(9-17)7-8-15/h1-6H,7-8H2,(H,18,21). The molecule has 1 aromatic carbocycles. The van der Waals surface area contributed by atoms with Crippen LogP contribution in [0.3, 0.4) is 0 Å². The van der Waals surface area contributed by atoms with E-state index in [1.807, 2.05) is 18.2 Å². The Kier molecular flexibility index (Phi) is 4.01. The van der Waals surface area contributed by atoms with Gasteiger partial charge in [-0.3, -0.25) is 4.79 Å². The Morgan fingerprint density at radius 1 is 1.27 bits per heavy atom. The summed E-state index contributed by atoms with van der Waals surface area (Å²) in [4.78, 5) is 12.9. The van der Waals surface area contributed by atoms with Crippen molar-refractivity contribution in [2.24, 2.45) is 0 Å². The SMILES string of the molecule is N#CC1(NC(=O)c2ccc(Sc3ccccc3Cl)nn2)CC1. The van der Waals surface area contributed by atoms with E-state index in [1.165, 1.54) is 11.8 Å². The van der Waals surface area contributed by atoms with E-state index in [4.69, 9.17) is 16.9 Å². The fourth-order valence-electron chi connectivity index (χ4n) is 1.81. The molecule has 1 amide bonds. The molecule has 0 saturated heterocycles. The fourth-order valence-corrected chi connectivity index (χ4v) is 2.81. The Labute approximate surface area is 136 Å². The highest BCUT2D eigenvalue weighted by Gasteiger charge is 2.44. The van der Waals surface area contributed by atoms with Crippen LogP contribution in [0.4, 0.5) is 0 Å². The number of nitriles is 1. The number of carbonyl (C=O) groups excluding carboxylic acids is 1. The lowest BCUT2D eigenvalue weighted by molar-refractivity contribution is 0.0935. The van der Waals surface area contributed by atoms with E-state index >= 15 is 0 Å². The number of nitrogens with one attached hydrogen (secondary N) is 1. The second kappa shape index (κ2) is 5.95. The van der Waals surface area contributed by atoms with Gasteiger partial charge in [0, 0.05) is 4.90 Å². The molecule has 1 aliphatic rings. The van der Waals surface area contributed by atoms with Gasteiger partial charge in [0.25, 0.3) is 5.91 Å². The Morgan fingerprint density at radius 3 is 2.64 bits per heavy atom. The summed E-state index contributed by atoms with van der Waals surface area (Å²) in [6.45, 7) is 0. The first-order valence-electron chi connectivity index (χ1n) is 6.62. The maximum atomic E-state index is 12.0. The van der Waals surface area contributed by atoms with Crippen molar-refractivity contribution < 1.29 is 4.79 Å². The van der Waals surface area contributed by atoms with Gasteiger partial charge in [0.1, 0.15) is 10.6 Å². The smallest absolute Gasteiger partial charge is 0.273 e. The van der Waals surface area contributed by atoms with E-state index in [0.29, 0.717) is 22.9 Å². The molecule has 110 valence electrons. The van der Waals surface area contributed by atoms with Crippen LogP contribution in [-0.4, -0.2) is 21.6 Å². The predicted molar refractivity (Wildman–Crippen MR) is 82.7 cm³/mol. The number of aromatic nitrogens is 2. The monoisotopic (exact) mass is 330 g/mol. The molecule has 7 heteroatoms. The average Bonchev–Trinajstić information content (AvgIpc) is 3.30. The van der Waals surface area contributed by atoms with Gasteiger partial charge in [-0.05, 0) is 37.1 Å². The predicted octanol–water partition coefficient (Wildman–Crippen LogP) is 3.07. The van der Waals surface area contributed by atoms with Gasteiger partial charge in [-0.1, -0.05) is 35.5 Å². The molecule has 1 aliphatic carbocycles. The lowest BCUT2D eigenvalue weighted by atomic mass is 10.3. The van der Waals surface area contributed by atoms with E-state index in [9.17, 15) is 4.79 Å². The Hall–Kier alpha value is -2.10. The number of rotatable bonds is 4. The molecule has 0 aliphatic heterocycles. The van der Waals surface area contributed by atoms with E-state index in [1.54, 1.807) is 18.2 Å². The normalized spacial score (nSPS) is 14.9. The molecule has 1 saturated carbocycles. The summed E-state index contributed by atoms with van der Waals surface area (Å²) in [5.74, 6) is -0.374. The maximum Gasteiger partial charge on any atom is 0.273 e. The average molecular weight is 331 g/mol. The van der Waals surface area contributed by atoms with Gasteiger partial charge in [0.05, 0.1) is 11.1 Å². The lowest BCUT2D eigenvalue weighted by Crippen LogP contribution is -2.36. The molecule has 0 unspecified atom stereocenters. The number of halogens is 1. The van der Waals surface area contributed by atoms with E-state index in [2.05, 4.69) is 21.6 Å². The summed E-state index contributed by atoms with van der Waals surface area (Å²) < 4.78 is 0. The van der Waals surface area contributed by atoms with E-state index in [0.717, 1.165) is 4.90 Å². The molecular formula is C15H11ClN4OS. The van der Waals surface area contributed by atoms with Crippen molar-refractivity contribution in [3.05, 3.63) is 47.1 Å². The topological polar surface area (TPSA) is 78.7 Å². The van der Waals surface area contributed by atoms with Gasteiger partial charge in [-0.2, -0.15) is 5.26 Å². The Bertz CT molecular complexity index is 753. The quantitative estimate of drug-likeness (QED) is 0.932. The Balaban J connectivity index is 1.69. The first-order chi connectivity index (χ1) is 10.6. The second-order valence-electron chi connectivity index (χ2n) is 4.94. The summed E-state index contributed by atoms with van der Waals surface area (Å²) >= 11 is 7.46. The van der Waals surface area contributed by atoms with E-state index in [-0.39, 0.29) is 11.6 Å².